The van der Waals surface area contributed by atoms with E-state index in [0.717, 1.165) is 6.42 Å². The van der Waals surface area contributed by atoms with Gasteiger partial charge in [0.2, 0.25) is 0 Å². The Balaban J connectivity index is 2.72. The van der Waals surface area contributed by atoms with Gasteiger partial charge in [-0.15, -0.1) is 0 Å². The Morgan fingerprint density at radius 2 is 1.94 bits per heavy atom. The normalized spacial score (nSPS) is 28.1. The van der Waals surface area contributed by atoms with Gasteiger partial charge < -0.3 is 10.5 Å². The molecular weight excluding hydrogens is 483 g/mol. The molecule has 0 radical (unpaired) electrons. The van der Waals surface area contributed by atoms with Crippen molar-refractivity contribution in [1.29, 1.82) is 0 Å². The van der Waals surface area contributed by atoms with Gasteiger partial charge in [0.15, 0.2) is 0 Å². The molecule has 31 heavy (non-hydrogen) atoms. The fourth-order valence-corrected chi connectivity index (χ4v) is 6.62. The Morgan fingerprint density at radius 3 is 2.48 bits per heavy atom. The zero-order valence-electron chi connectivity index (χ0n) is 19.4. The number of amidine groups is 1. The third-order valence-corrected chi connectivity index (χ3v) is 9.40. The molecule has 1 unspecified atom stereocenters. The predicted octanol–water partition coefficient (Wildman–Crippen LogP) is 5.11. The van der Waals surface area contributed by atoms with E-state index in [0.29, 0.717) is 23.4 Å². The van der Waals surface area contributed by atoms with Gasteiger partial charge in [0.05, 0.1) is 4.75 Å². The number of halogens is 2. The van der Waals surface area contributed by atoms with Gasteiger partial charge in [0, 0.05) is 4.75 Å². The van der Waals surface area contributed by atoms with E-state index in [1.165, 1.54) is 6.07 Å². The molecule has 1 aliphatic rings. The maximum Gasteiger partial charge on any atom is 0.413 e. The van der Waals surface area contributed by atoms with Crippen molar-refractivity contribution in [2.75, 3.05) is 6.54 Å². The topological polar surface area (TPSA) is 89.6 Å². The summed E-state index contributed by atoms with van der Waals surface area (Å²) in [5.74, 6) is 4.47. The minimum absolute atomic E-state index is 0.210. The summed E-state index contributed by atoms with van der Waals surface area (Å²) >= 11 is 3.35. The number of rotatable bonds is 4. The lowest BCUT2D eigenvalue weighted by Gasteiger charge is -2.54. The average molecular weight is 518 g/mol. The van der Waals surface area contributed by atoms with Gasteiger partial charge in [0.1, 0.15) is 33.1 Å². The SMILES string of the molecule is C=S1C(C)(C)C(NC(=O)OC(C)(C)C)=N[C@](C)(c2nc(Br)ccc2F)[C@@]1(C)CCCN. The molecule has 1 aliphatic heterocycles. The van der Waals surface area contributed by atoms with Crippen LogP contribution in [0.15, 0.2) is 21.7 Å². The molecular formula is C22H34BrFN4O2S. The number of nitrogens with one attached hydrogen (secondary N) is 1. The van der Waals surface area contributed by atoms with Crippen LogP contribution in [0.3, 0.4) is 0 Å². The van der Waals surface area contributed by atoms with E-state index in [1.54, 1.807) is 26.8 Å². The molecule has 3 N–H and O–H groups in total. The van der Waals surface area contributed by atoms with E-state index < -0.39 is 43.0 Å². The van der Waals surface area contributed by atoms with Crippen molar-refractivity contribution in [2.24, 2.45) is 10.7 Å². The Morgan fingerprint density at radius 1 is 1.32 bits per heavy atom. The Kier molecular flexibility index (Phi) is 7.45. The quantitative estimate of drug-likeness (QED) is 0.429. The first kappa shape index (κ1) is 25.9. The number of carbonyl (C=O) groups excluding carboxylic acids is 1. The van der Waals surface area contributed by atoms with Crippen LogP contribution in [0.2, 0.25) is 0 Å². The van der Waals surface area contributed by atoms with Crippen molar-refractivity contribution < 1.29 is 13.9 Å². The second kappa shape index (κ2) is 8.90. The first-order chi connectivity index (χ1) is 14.1. The van der Waals surface area contributed by atoms with Gasteiger partial charge in [-0.2, -0.15) is 10.5 Å². The highest BCUT2D eigenvalue weighted by Crippen LogP contribution is 2.59. The minimum Gasteiger partial charge on any atom is -0.444 e. The Bertz CT molecular complexity index is 915. The number of nitrogens with zero attached hydrogens (tertiary/aromatic N) is 2. The zero-order valence-corrected chi connectivity index (χ0v) is 21.8. The molecule has 0 aliphatic carbocycles. The zero-order chi connectivity index (χ0) is 23.8. The van der Waals surface area contributed by atoms with E-state index in [2.05, 4.69) is 39.0 Å². The van der Waals surface area contributed by atoms with Gasteiger partial charge in [-0.1, -0.05) is 5.87 Å². The highest BCUT2D eigenvalue weighted by molar-refractivity contribution is 9.10. The summed E-state index contributed by atoms with van der Waals surface area (Å²) in [5.41, 5.74) is 4.29. The number of alkyl carbamates (subject to hydrolysis) is 1. The third kappa shape index (κ3) is 5.03. The van der Waals surface area contributed by atoms with Crippen LogP contribution < -0.4 is 11.1 Å². The van der Waals surface area contributed by atoms with Crippen molar-refractivity contribution in [3.05, 3.63) is 28.2 Å². The first-order valence-electron chi connectivity index (χ1n) is 10.3. The number of amides is 1. The van der Waals surface area contributed by atoms with Crippen LogP contribution in [0.4, 0.5) is 9.18 Å². The van der Waals surface area contributed by atoms with Crippen molar-refractivity contribution in [3.8, 4) is 0 Å². The maximum atomic E-state index is 15.1. The Hall–Kier alpha value is -1.32. The van der Waals surface area contributed by atoms with E-state index in [1.807, 2.05) is 20.8 Å². The molecule has 0 saturated heterocycles. The van der Waals surface area contributed by atoms with E-state index in [9.17, 15) is 4.79 Å². The third-order valence-electron chi connectivity index (χ3n) is 5.85. The van der Waals surface area contributed by atoms with Crippen LogP contribution in [0.25, 0.3) is 0 Å². The summed E-state index contributed by atoms with van der Waals surface area (Å²) in [4.78, 5) is 22.0. The lowest BCUT2D eigenvalue weighted by atomic mass is 9.79. The summed E-state index contributed by atoms with van der Waals surface area (Å²) in [5, 5.41) is 2.82. The maximum absolute atomic E-state index is 15.1. The lowest BCUT2D eigenvalue weighted by Crippen LogP contribution is -2.59. The molecule has 1 amide bonds. The number of hydrogen-bond acceptors (Lipinski definition) is 5. The highest BCUT2D eigenvalue weighted by atomic mass is 79.9. The molecule has 0 fully saturated rings. The van der Waals surface area contributed by atoms with Gasteiger partial charge in [0.25, 0.3) is 0 Å². The number of pyridine rings is 1. The molecule has 3 atom stereocenters. The minimum atomic E-state index is -1.08. The largest absolute Gasteiger partial charge is 0.444 e. The van der Waals surface area contributed by atoms with Crippen LogP contribution >= 0.6 is 26.4 Å². The Labute approximate surface area is 195 Å². The fourth-order valence-electron chi connectivity index (χ4n) is 3.84. The monoisotopic (exact) mass is 516 g/mol. The number of nitrogens with two attached hydrogens (primary N) is 1. The van der Waals surface area contributed by atoms with E-state index in [-0.39, 0.29) is 5.69 Å². The molecule has 174 valence electrons. The lowest BCUT2D eigenvalue weighted by molar-refractivity contribution is 0.0560. The van der Waals surface area contributed by atoms with Crippen LogP contribution in [0.5, 0.6) is 0 Å². The molecule has 0 saturated carbocycles. The van der Waals surface area contributed by atoms with Gasteiger partial charge in [-0.05, 0) is 95.9 Å². The molecule has 0 spiro atoms. The highest BCUT2D eigenvalue weighted by Gasteiger charge is 2.57. The molecule has 0 aromatic carbocycles. The summed E-state index contributed by atoms with van der Waals surface area (Å²) in [6.45, 7) is 13.8. The average Bonchev–Trinajstić information content (AvgIpc) is 2.64. The molecule has 1 aromatic rings. The van der Waals surface area contributed by atoms with Gasteiger partial charge >= 0.3 is 6.09 Å². The number of aliphatic imine (C=N–C) groups is 1. The van der Waals surface area contributed by atoms with Crippen LogP contribution in [0.1, 0.15) is 67.0 Å². The summed E-state index contributed by atoms with van der Waals surface area (Å²) in [6.07, 6.45) is 0.820. The number of carbonyl (C=O) groups is 1. The summed E-state index contributed by atoms with van der Waals surface area (Å²) in [6, 6.07) is 2.93. The van der Waals surface area contributed by atoms with Crippen molar-refractivity contribution >= 4 is 44.2 Å². The van der Waals surface area contributed by atoms with E-state index >= 15 is 4.39 Å². The number of ether oxygens (including phenoxy) is 1. The first-order valence-corrected chi connectivity index (χ1v) is 12.4. The second-order valence-corrected chi connectivity index (χ2v) is 13.2. The van der Waals surface area contributed by atoms with Crippen LogP contribution in [0, 0.1) is 5.82 Å². The van der Waals surface area contributed by atoms with Gasteiger partial charge in [-0.3, -0.25) is 10.3 Å². The predicted molar refractivity (Wildman–Crippen MR) is 132 cm³/mol. The van der Waals surface area contributed by atoms with Crippen molar-refractivity contribution in [2.45, 2.75) is 81.9 Å². The fraction of sp³-hybridized carbons (Fsp3) is 0.636. The number of hydrogen-bond donors (Lipinski definition) is 2. The van der Waals surface area contributed by atoms with Crippen LogP contribution in [-0.4, -0.2) is 44.4 Å². The standard InChI is InChI=1S/C22H34BrFN4O2S/c1-19(2,3)30-18(29)27-17-20(4,5)31(8)21(6,12-9-13-25)22(7,28-17)16-14(24)10-11-15(23)26-16/h10-11H,8-9,12-13,25H2,1-7H3,(H,27,28,29)/t21-,22-,31?/m1/s1. The van der Waals surface area contributed by atoms with Crippen molar-refractivity contribution in [3.63, 3.8) is 0 Å². The second-order valence-electron chi connectivity index (χ2n) is 9.65. The smallest absolute Gasteiger partial charge is 0.413 e. The summed E-state index contributed by atoms with van der Waals surface area (Å²) < 4.78 is 19.9. The summed E-state index contributed by atoms with van der Waals surface area (Å²) in [7, 11) is -0.588. The van der Waals surface area contributed by atoms with Gasteiger partial charge in [-0.25, -0.2) is 14.2 Å². The molecule has 1 aromatic heterocycles. The molecule has 2 rings (SSSR count). The molecule has 2 heterocycles. The van der Waals surface area contributed by atoms with Crippen molar-refractivity contribution in [1.82, 2.24) is 10.3 Å². The van der Waals surface area contributed by atoms with Crippen LogP contribution in [-0.2, 0) is 10.3 Å². The molecule has 9 heteroatoms. The molecule has 6 nitrogen and oxygen atoms in total. The van der Waals surface area contributed by atoms with E-state index in [4.69, 9.17) is 15.5 Å². The molecule has 0 bridgehead atoms. The number of aromatic nitrogens is 1.